The third kappa shape index (κ3) is 4.08. The van der Waals surface area contributed by atoms with Gasteiger partial charge in [-0.1, -0.05) is 11.6 Å². The summed E-state index contributed by atoms with van der Waals surface area (Å²) in [5.41, 5.74) is 6.84. The van der Waals surface area contributed by atoms with Crippen molar-refractivity contribution in [3.63, 3.8) is 0 Å². The Bertz CT molecular complexity index is 899. The van der Waals surface area contributed by atoms with Gasteiger partial charge in [-0.2, -0.15) is 5.10 Å². The fourth-order valence-corrected chi connectivity index (χ4v) is 3.79. The number of halogens is 1. The van der Waals surface area contributed by atoms with E-state index < -0.39 is 5.60 Å². The van der Waals surface area contributed by atoms with Gasteiger partial charge in [0.1, 0.15) is 11.3 Å². The lowest BCUT2D eigenvalue weighted by atomic mass is 10.0. The number of fused-ring (bicyclic) bond motifs is 2. The van der Waals surface area contributed by atoms with Gasteiger partial charge < -0.3 is 20.1 Å². The number of rotatable bonds is 2. The first-order valence-corrected chi connectivity index (χ1v) is 9.77. The molecule has 10 nitrogen and oxygen atoms in total. The van der Waals surface area contributed by atoms with E-state index in [1.54, 1.807) is 16.9 Å². The van der Waals surface area contributed by atoms with Crippen LogP contribution in [0, 0.1) is 0 Å². The number of morpholine rings is 1. The average molecular weight is 422 g/mol. The van der Waals surface area contributed by atoms with Gasteiger partial charge >= 0.3 is 6.09 Å². The van der Waals surface area contributed by atoms with Crippen LogP contribution in [-0.4, -0.2) is 75.0 Å². The van der Waals surface area contributed by atoms with Crippen molar-refractivity contribution in [2.24, 2.45) is 0 Å². The molecule has 2 aromatic rings. The molecule has 29 heavy (non-hydrogen) atoms. The zero-order valence-electron chi connectivity index (χ0n) is 16.6. The molecule has 0 radical (unpaired) electrons. The molecular weight excluding hydrogens is 398 g/mol. The van der Waals surface area contributed by atoms with E-state index in [0.717, 1.165) is 5.69 Å². The van der Waals surface area contributed by atoms with Crippen molar-refractivity contribution in [2.45, 2.75) is 38.5 Å². The van der Waals surface area contributed by atoms with Crippen LogP contribution in [0.3, 0.4) is 0 Å². The van der Waals surface area contributed by atoms with Crippen LogP contribution in [0.5, 0.6) is 0 Å². The van der Waals surface area contributed by atoms with Crippen LogP contribution >= 0.6 is 11.6 Å². The summed E-state index contributed by atoms with van der Waals surface area (Å²) in [6.45, 7) is 7.78. The third-order valence-electron chi connectivity index (χ3n) is 4.83. The molecule has 156 valence electrons. The maximum atomic E-state index is 12.7. The molecular formula is C18H24ClN7O3. The third-order valence-corrected chi connectivity index (χ3v) is 5.01. The van der Waals surface area contributed by atoms with Crippen LogP contribution in [0.2, 0.25) is 5.15 Å². The highest BCUT2D eigenvalue weighted by molar-refractivity contribution is 6.29. The Morgan fingerprint density at radius 2 is 1.97 bits per heavy atom. The van der Waals surface area contributed by atoms with Crippen LogP contribution in [-0.2, 0) is 9.47 Å². The number of ether oxygens (including phenoxy) is 2. The van der Waals surface area contributed by atoms with Crippen molar-refractivity contribution in [3.8, 4) is 5.69 Å². The number of piperazine rings is 1. The molecule has 2 aliphatic heterocycles. The number of hydrogen-bond acceptors (Lipinski definition) is 8. The summed E-state index contributed by atoms with van der Waals surface area (Å²) in [5, 5.41) is 12.2. The lowest BCUT2D eigenvalue weighted by Crippen LogP contribution is -2.66. The van der Waals surface area contributed by atoms with Crippen LogP contribution in [0.4, 0.5) is 16.3 Å². The van der Waals surface area contributed by atoms with Gasteiger partial charge in [0.05, 0.1) is 43.4 Å². The van der Waals surface area contributed by atoms with E-state index in [9.17, 15) is 4.79 Å². The van der Waals surface area contributed by atoms with Crippen molar-refractivity contribution < 1.29 is 14.3 Å². The molecule has 0 saturated carbocycles. The molecule has 0 spiro atoms. The van der Waals surface area contributed by atoms with Crippen molar-refractivity contribution in [2.75, 3.05) is 36.9 Å². The second-order valence-electron chi connectivity index (χ2n) is 8.22. The molecule has 2 saturated heterocycles. The molecule has 4 heterocycles. The maximum absolute atomic E-state index is 12.7. The Labute approximate surface area is 173 Å². The second kappa shape index (κ2) is 7.34. The lowest BCUT2D eigenvalue weighted by Gasteiger charge is -2.49. The van der Waals surface area contributed by atoms with Gasteiger partial charge in [-0.25, -0.2) is 9.48 Å². The Morgan fingerprint density at radius 3 is 2.62 bits per heavy atom. The topological polar surface area (TPSA) is 112 Å². The molecule has 2 bridgehead atoms. The van der Waals surface area contributed by atoms with E-state index in [1.165, 1.54) is 0 Å². The number of nitrogens with two attached hydrogens (primary N) is 1. The van der Waals surface area contributed by atoms with Gasteiger partial charge in [-0.05, 0) is 20.8 Å². The van der Waals surface area contributed by atoms with E-state index >= 15 is 0 Å². The molecule has 0 aliphatic carbocycles. The van der Waals surface area contributed by atoms with E-state index in [2.05, 4.69) is 20.2 Å². The molecule has 0 aromatic carbocycles. The number of carbonyl (C=O) groups excluding carboxylic acids is 1. The van der Waals surface area contributed by atoms with Crippen molar-refractivity contribution in [1.29, 1.82) is 0 Å². The summed E-state index contributed by atoms with van der Waals surface area (Å²) in [7, 11) is 0. The first-order valence-electron chi connectivity index (χ1n) is 9.39. The van der Waals surface area contributed by atoms with Gasteiger partial charge in [0.25, 0.3) is 0 Å². The van der Waals surface area contributed by atoms with Crippen molar-refractivity contribution in [1.82, 2.24) is 24.9 Å². The van der Waals surface area contributed by atoms with Crippen LogP contribution < -0.4 is 10.6 Å². The largest absolute Gasteiger partial charge is 0.444 e. The number of hydrogen-bond donors (Lipinski definition) is 1. The van der Waals surface area contributed by atoms with Crippen LogP contribution in [0.15, 0.2) is 18.5 Å². The zero-order chi connectivity index (χ0) is 20.8. The monoisotopic (exact) mass is 421 g/mol. The molecule has 2 aromatic heterocycles. The molecule has 2 unspecified atom stereocenters. The molecule has 2 aliphatic rings. The normalized spacial score (nSPS) is 21.9. The summed E-state index contributed by atoms with van der Waals surface area (Å²) in [4.78, 5) is 16.7. The molecule has 2 atom stereocenters. The van der Waals surface area contributed by atoms with Crippen LogP contribution in [0.1, 0.15) is 20.8 Å². The Balaban J connectivity index is 1.53. The summed E-state index contributed by atoms with van der Waals surface area (Å²) in [5.74, 6) is 0.240. The van der Waals surface area contributed by atoms with Crippen LogP contribution in [0.25, 0.3) is 5.69 Å². The number of nitrogen functional groups attached to an aromatic ring is 1. The molecule has 11 heteroatoms. The second-order valence-corrected chi connectivity index (χ2v) is 8.61. The van der Waals surface area contributed by atoms with Gasteiger partial charge in [0.2, 0.25) is 0 Å². The van der Waals surface area contributed by atoms with Crippen molar-refractivity contribution >= 4 is 29.2 Å². The number of carbonyl (C=O) groups is 1. The first-order chi connectivity index (χ1) is 13.7. The number of nitrogens with zero attached hydrogens (tertiary/aromatic N) is 6. The summed E-state index contributed by atoms with van der Waals surface area (Å²) in [6.07, 6.45) is 3.33. The predicted octanol–water partition coefficient (Wildman–Crippen LogP) is 1.72. The highest BCUT2D eigenvalue weighted by Crippen LogP contribution is 2.28. The van der Waals surface area contributed by atoms with Gasteiger partial charge in [-0.15, -0.1) is 10.2 Å². The first kappa shape index (κ1) is 19.7. The highest BCUT2D eigenvalue weighted by atomic mass is 35.5. The Morgan fingerprint density at radius 1 is 1.28 bits per heavy atom. The minimum atomic E-state index is -0.537. The van der Waals surface area contributed by atoms with Gasteiger partial charge in [-0.3, -0.25) is 4.90 Å². The van der Waals surface area contributed by atoms with E-state index in [-0.39, 0.29) is 29.1 Å². The molecule has 2 N–H and O–H groups in total. The predicted molar refractivity (Wildman–Crippen MR) is 107 cm³/mol. The number of amides is 1. The SMILES string of the molecule is CC(C)(C)OC(=O)N1C2COCC1CN(c1cnn(-c3cc(Cl)nnc3N)c1)C2. The van der Waals surface area contributed by atoms with E-state index in [1.807, 2.05) is 31.9 Å². The quantitative estimate of drug-likeness (QED) is 0.780. The summed E-state index contributed by atoms with van der Waals surface area (Å²) >= 11 is 5.93. The van der Waals surface area contributed by atoms with E-state index in [4.69, 9.17) is 26.8 Å². The summed E-state index contributed by atoms with van der Waals surface area (Å²) < 4.78 is 12.9. The minimum absolute atomic E-state index is 0.0946. The minimum Gasteiger partial charge on any atom is -0.444 e. The Kier molecular flexibility index (Phi) is 4.99. The smallest absolute Gasteiger partial charge is 0.411 e. The average Bonchev–Trinajstić information content (AvgIpc) is 3.11. The number of anilines is 2. The van der Waals surface area contributed by atoms with Gasteiger partial charge in [0, 0.05) is 19.2 Å². The number of aromatic nitrogens is 4. The van der Waals surface area contributed by atoms with E-state index in [0.29, 0.717) is 32.0 Å². The fraction of sp³-hybridized carbons (Fsp3) is 0.556. The van der Waals surface area contributed by atoms with Gasteiger partial charge in [0.15, 0.2) is 11.0 Å². The molecule has 4 rings (SSSR count). The zero-order valence-corrected chi connectivity index (χ0v) is 17.3. The standard InChI is InChI=1S/C18H24ClN7O3/c1-18(2,3)29-17(27)26-12-6-24(7-13(26)10-28-9-12)11-5-21-25(8-11)14-4-15(19)22-23-16(14)20/h4-5,8,12-13H,6-7,9-10H2,1-3H3,(H2,20,23). The van der Waals surface area contributed by atoms with Crippen molar-refractivity contribution in [3.05, 3.63) is 23.6 Å². The fourth-order valence-electron chi connectivity index (χ4n) is 3.65. The molecule has 2 fully saturated rings. The maximum Gasteiger partial charge on any atom is 0.411 e. The highest BCUT2D eigenvalue weighted by Gasteiger charge is 2.43. The molecule has 1 amide bonds. The summed E-state index contributed by atoms with van der Waals surface area (Å²) in [6, 6.07) is 1.43. The lowest BCUT2D eigenvalue weighted by molar-refractivity contribution is -0.0665. The Hall–Kier alpha value is -2.59.